The van der Waals surface area contributed by atoms with E-state index >= 15 is 0 Å². The third-order valence-electron chi connectivity index (χ3n) is 4.17. The van der Waals surface area contributed by atoms with Crippen LogP contribution in [0.2, 0.25) is 0 Å². The summed E-state index contributed by atoms with van der Waals surface area (Å²) in [6.07, 6.45) is 0. The summed E-state index contributed by atoms with van der Waals surface area (Å²) in [6.45, 7) is 0. The molecule has 0 unspecified atom stereocenters. The number of thiophene rings is 1. The summed E-state index contributed by atoms with van der Waals surface area (Å²) in [7, 11) is 1.53. The number of carbonyl (C=O) groups excluding carboxylic acids is 2. The largest absolute Gasteiger partial charge is 0.397 e. The average Bonchev–Trinajstić information content (AvgIpc) is 3.23. The number of hydrogen-bond donors (Lipinski definition) is 4. The summed E-state index contributed by atoms with van der Waals surface area (Å²) in [6, 6.07) is 15.4. The van der Waals surface area contributed by atoms with Crippen LogP contribution in [0.15, 0.2) is 60.0 Å². The minimum atomic E-state index is -0.773. The molecule has 7 heteroatoms. The highest BCUT2D eigenvalue weighted by Crippen LogP contribution is 2.30. The van der Waals surface area contributed by atoms with Crippen molar-refractivity contribution in [3.05, 3.63) is 71.1 Å². The van der Waals surface area contributed by atoms with Gasteiger partial charge in [0.05, 0.1) is 11.4 Å². The number of amides is 2. The van der Waals surface area contributed by atoms with E-state index in [9.17, 15) is 9.59 Å². The monoisotopic (exact) mass is 380 g/mol. The zero-order valence-corrected chi connectivity index (χ0v) is 15.5. The Bertz CT molecular complexity index is 953. The van der Waals surface area contributed by atoms with E-state index in [1.165, 1.54) is 7.05 Å². The van der Waals surface area contributed by atoms with Crippen LogP contribution in [0.5, 0.6) is 0 Å². The molecule has 138 valence electrons. The molecule has 0 aliphatic heterocycles. The van der Waals surface area contributed by atoms with Crippen LogP contribution in [-0.2, 0) is 4.79 Å². The van der Waals surface area contributed by atoms with Crippen molar-refractivity contribution >= 4 is 34.5 Å². The Kier molecular flexibility index (Phi) is 5.54. The van der Waals surface area contributed by atoms with Crippen molar-refractivity contribution in [3.8, 4) is 10.4 Å². The first-order chi connectivity index (χ1) is 13.0. The highest BCUT2D eigenvalue weighted by Gasteiger charge is 2.15. The average molecular weight is 380 g/mol. The fraction of sp³-hybridized carbons (Fsp3) is 0.100. The molecule has 1 atom stereocenters. The van der Waals surface area contributed by atoms with Gasteiger partial charge in [-0.15, -0.1) is 11.3 Å². The van der Waals surface area contributed by atoms with E-state index in [1.54, 1.807) is 41.7 Å². The fourth-order valence-corrected chi connectivity index (χ4v) is 3.33. The first kappa shape index (κ1) is 18.6. The molecule has 2 amide bonds. The summed E-state index contributed by atoms with van der Waals surface area (Å²) in [4.78, 5) is 25.3. The number of hydrogen-bond acceptors (Lipinski definition) is 5. The highest BCUT2D eigenvalue weighted by atomic mass is 32.1. The molecule has 3 rings (SSSR count). The fourth-order valence-electron chi connectivity index (χ4n) is 2.60. The maximum absolute atomic E-state index is 12.6. The molecule has 1 aromatic heterocycles. The second-order valence-corrected chi connectivity index (χ2v) is 6.90. The number of nitrogen functional groups attached to an aromatic ring is 1. The molecular formula is C20H20N4O2S. The van der Waals surface area contributed by atoms with Gasteiger partial charge in [-0.2, -0.15) is 0 Å². The number of anilines is 2. The topological polar surface area (TPSA) is 110 Å². The predicted octanol–water partition coefficient (Wildman–Crippen LogP) is 3.00. The number of nitrogens with two attached hydrogens (primary N) is 2. The molecule has 1 heterocycles. The molecule has 0 bridgehead atoms. The Morgan fingerprint density at radius 1 is 1.07 bits per heavy atom. The number of benzene rings is 2. The van der Waals surface area contributed by atoms with E-state index in [0.717, 1.165) is 10.4 Å². The number of rotatable bonds is 5. The van der Waals surface area contributed by atoms with E-state index in [1.807, 2.05) is 29.6 Å². The summed E-state index contributed by atoms with van der Waals surface area (Å²) in [5, 5.41) is 7.34. The lowest BCUT2D eigenvalue weighted by Crippen LogP contribution is -2.31. The third kappa shape index (κ3) is 4.16. The van der Waals surface area contributed by atoms with Gasteiger partial charge in [0.25, 0.3) is 5.91 Å². The Morgan fingerprint density at radius 3 is 2.44 bits per heavy atom. The van der Waals surface area contributed by atoms with E-state index < -0.39 is 6.04 Å². The molecule has 6 nitrogen and oxygen atoms in total. The molecule has 3 aromatic rings. The van der Waals surface area contributed by atoms with E-state index in [4.69, 9.17) is 11.5 Å². The van der Waals surface area contributed by atoms with Crippen molar-refractivity contribution in [2.24, 2.45) is 5.73 Å². The van der Waals surface area contributed by atoms with Gasteiger partial charge in [0.15, 0.2) is 0 Å². The van der Waals surface area contributed by atoms with Crippen molar-refractivity contribution in [2.75, 3.05) is 18.1 Å². The van der Waals surface area contributed by atoms with Crippen molar-refractivity contribution in [2.45, 2.75) is 6.04 Å². The molecular weight excluding hydrogens is 360 g/mol. The Labute approximate surface area is 161 Å². The molecule has 0 fully saturated rings. The molecule has 0 saturated heterocycles. The van der Waals surface area contributed by atoms with Crippen LogP contribution in [0, 0.1) is 0 Å². The lowest BCUT2D eigenvalue weighted by molar-refractivity contribution is -0.121. The molecule has 2 aromatic carbocycles. The standard InChI is InChI=1S/C20H20N4O2S/c1-23-20(26)18(22)12-4-6-13(7-5-12)19(25)24-16-11-14(8-9-15(16)21)17-3-2-10-27-17/h2-11,18H,21-22H2,1H3,(H,23,26)(H,24,25)/t18-/m0/s1. The summed E-state index contributed by atoms with van der Waals surface area (Å²) in [5.41, 5.74) is 15.0. The molecule has 0 saturated carbocycles. The van der Waals surface area contributed by atoms with Crippen LogP contribution >= 0.6 is 11.3 Å². The maximum Gasteiger partial charge on any atom is 0.255 e. The first-order valence-corrected chi connectivity index (χ1v) is 9.19. The van der Waals surface area contributed by atoms with Gasteiger partial charge in [-0.1, -0.05) is 24.3 Å². The molecule has 0 aliphatic carbocycles. The lowest BCUT2D eigenvalue weighted by Gasteiger charge is -2.12. The molecule has 0 radical (unpaired) electrons. The number of carbonyl (C=O) groups is 2. The van der Waals surface area contributed by atoms with Crippen LogP contribution in [-0.4, -0.2) is 18.9 Å². The van der Waals surface area contributed by atoms with Gasteiger partial charge in [0, 0.05) is 17.5 Å². The summed E-state index contributed by atoms with van der Waals surface area (Å²) >= 11 is 1.62. The van der Waals surface area contributed by atoms with Crippen LogP contribution in [0.1, 0.15) is 22.0 Å². The predicted molar refractivity (Wildman–Crippen MR) is 110 cm³/mol. The van der Waals surface area contributed by atoms with Crippen molar-refractivity contribution in [1.82, 2.24) is 5.32 Å². The van der Waals surface area contributed by atoms with Crippen molar-refractivity contribution < 1.29 is 9.59 Å². The highest BCUT2D eigenvalue weighted by molar-refractivity contribution is 7.13. The smallest absolute Gasteiger partial charge is 0.255 e. The van der Waals surface area contributed by atoms with Gasteiger partial charge in [0.1, 0.15) is 6.04 Å². The van der Waals surface area contributed by atoms with Crippen molar-refractivity contribution in [3.63, 3.8) is 0 Å². The van der Waals surface area contributed by atoms with Gasteiger partial charge >= 0.3 is 0 Å². The Morgan fingerprint density at radius 2 is 1.81 bits per heavy atom. The first-order valence-electron chi connectivity index (χ1n) is 8.31. The normalized spacial score (nSPS) is 11.6. The van der Waals surface area contributed by atoms with Crippen LogP contribution < -0.4 is 22.1 Å². The third-order valence-corrected chi connectivity index (χ3v) is 5.09. The zero-order valence-electron chi connectivity index (χ0n) is 14.7. The second kappa shape index (κ2) is 8.03. The minimum Gasteiger partial charge on any atom is -0.397 e. The SMILES string of the molecule is CNC(=O)[C@@H](N)c1ccc(C(=O)Nc2cc(-c3cccs3)ccc2N)cc1. The number of likely N-dealkylation sites (N-methyl/N-ethyl adjacent to an activating group) is 1. The summed E-state index contributed by atoms with van der Waals surface area (Å²) in [5.74, 6) is -0.574. The Balaban J connectivity index is 1.77. The van der Waals surface area contributed by atoms with E-state index in [2.05, 4.69) is 10.6 Å². The second-order valence-electron chi connectivity index (χ2n) is 5.95. The zero-order chi connectivity index (χ0) is 19.4. The van der Waals surface area contributed by atoms with Crippen LogP contribution in [0.4, 0.5) is 11.4 Å². The quantitative estimate of drug-likeness (QED) is 0.510. The minimum absolute atomic E-state index is 0.287. The van der Waals surface area contributed by atoms with Crippen LogP contribution in [0.3, 0.4) is 0 Å². The summed E-state index contributed by atoms with van der Waals surface area (Å²) < 4.78 is 0. The van der Waals surface area contributed by atoms with E-state index in [0.29, 0.717) is 22.5 Å². The molecule has 6 N–H and O–H groups in total. The van der Waals surface area contributed by atoms with Gasteiger partial charge in [-0.05, 0) is 46.8 Å². The maximum atomic E-state index is 12.6. The Hall–Kier alpha value is -3.16. The van der Waals surface area contributed by atoms with Gasteiger partial charge in [-0.25, -0.2) is 0 Å². The molecule has 27 heavy (non-hydrogen) atoms. The van der Waals surface area contributed by atoms with E-state index in [-0.39, 0.29) is 11.8 Å². The van der Waals surface area contributed by atoms with Crippen LogP contribution in [0.25, 0.3) is 10.4 Å². The number of nitrogens with one attached hydrogen (secondary N) is 2. The van der Waals surface area contributed by atoms with Gasteiger partial charge < -0.3 is 22.1 Å². The lowest BCUT2D eigenvalue weighted by atomic mass is 10.0. The molecule has 0 aliphatic rings. The van der Waals surface area contributed by atoms with Crippen molar-refractivity contribution in [1.29, 1.82) is 0 Å². The van der Waals surface area contributed by atoms with Gasteiger partial charge in [0.2, 0.25) is 5.91 Å². The van der Waals surface area contributed by atoms with Gasteiger partial charge in [-0.3, -0.25) is 9.59 Å². The molecule has 0 spiro atoms.